The van der Waals surface area contributed by atoms with E-state index in [9.17, 15) is 4.79 Å². The number of nitrogens with two attached hydrogens (primary N) is 1. The number of nitrogens with one attached hydrogen (secondary N) is 1. The molecule has 0 aromatic carbocycles. The molecular weight excluding hydrogens is 232 g/mol. The minimum absolute atomic E-state index is 0.0312. The third-order valence-corrected chi connectivity index (χ3v) is 3.63. The molecule has 0 rings (SSSR count). The van der Waals surface area contributed by atoms with Crippen LogP contribution in [0.15, 0.2) is 0 Å². The van der Waals surface area contributed by atoms with Gasteiger partial charge < -0.3 is 11.1 Å². The molecule has 0 aliphatic carbocycles. The molecule has 0 saturated carbocycles. The van der Waals surface area contributed by atoms with Crippen molar-refractivity contribution in [1.82, 2.24) is 5.32 Å². The fraction of sp³-hybridized carbons (Fsp3) is 0.923. The normalized spacial score (nSPS) is 14.7. The van der Waals surface area contributed by atoms with E-state index in [2.05, 4.69) is 33.0 Å². The van der Waals surface area contributed by atoms with Crippen LogP contribution < -0.4 is 11.1 Å². The average Bonchev–Trinajstić information content (AvgIpc) is 2.25. The van der Waals surface area contributed by atoms with Gasteiger partial charge in [-0.3, -0.25) is 4.79 Å². The number of thioether (sulfide) groups is 1. The number of rotatable bonds is 9. The Bertz CT molecular complexity index is 210. The van der Waals surface area contributed by atoms with Crippen LogP contribution in [0.3, 0.4) is 0 Å². The van der Waals surface area contributed by atoms with Crippen molar-refractivity contribution in [3.05, 3.63) is 0 Å². The van der Waals surface area contributed by atoms with Gasteiger partial charge in [0.25, 0.3) is 0 Å². The fourth-order valence-electron chi connectivity index (χ4n) is 1.72. The minimum atomic E-state index is -0.0312. The van der Waals surface area contributed by atoms with Crippen molar-refractivity contribution in [2.75, 3.05) is 18.1 Å². The van der Waals surface area contributed by atoms with Gasteiger partial charge in [-0.15, -0.1) is 0 Å². The molecule has 3 nitrogen and oxygen atoms in total. The van der Waals surface area contributed by atoms with Crippen LogP contribution in [0.2, 0.25) is 0 Å². The molecule has 0 aromatic rings. The Kier molecular flexibility index (Phi) is 9.65. The van der Waals surface area contributed by atoms with E-state index in [0.29, 0.717) is 12.5 Å². The molecule has 2 atom stereocenters. The van der Waals surface area contributed by atoms with Crippen molar-refractivity contribution in [1.29, 1.82) is 0 Å². The minimum Gasteiger partial charge on any atom is -0.353 e. The summed E-state index contributed by atoms with van der Waals surface area (Å²) in [5, 5.41) is 3.06. The van der Waals surface area contributed by atoms with Crippen molar-refractivity contribution < 1.29 is 4.79 Å². The number of carbonyl (C=O) groups excluding carboxylic acids is 1. The Morgan fingerprint density at radius 2 is 2.00 bits per heavy atom. The first-order chi connectivity index (χ1) is 8.01. The van der Waals surface area contributed by atoms with Crippen molar-refractivity contribution in [3.63, 3.8) is 0 Å². The van der Waals surface area contributed by atoms with Gasteiger partial charge in [-0.05, 0) is 37.2 Å². The van der Waals surface area contributed by atoms with Gasteiger partial charge in [0.2, 0.25) is 5.91 Å². The summed E-state index contributed by atoms with van der Waals surface area (Å²) in [6.07, 6.45) is 1.90. The fourth-order valence-corrected chi connectivity index (χ4v) is 2.53. The predicted octanol–water partition coefficient (Wildman–Crippen LogP) is 2.26. The SMILES string of the molecule is CCSCCC(C)NC(=O)C(CN)CC(C)C. The topological polar surface area (TPSA) is 55.1 Å². The summed E-state index contributed by atoms with van der Waals surface area (Å²) in [5.41, 5.74) is 5.65. The van der Waals surface area contributed by atoms with Crippen molar-refractivity contribution >= 4 is 17.7 Å². The monoisotopic (exact) mass is 260 g/mol. The van der Waals surface area contributed by atoms with Gasteiger partial charge in [0.05, 0.1) is 5.92 Å². The van der Waals surface area contributed by atoms with Gasteiger partial charge in [-0.2, -0.15) is 11.8 Å². The molecule has 0 aliphatic rings. The molecule has 4 heteroatoms. The second-order valence-corrected chi connectivity index (χ2v) is 6.35. The van der Waals surface area contributed by atoms with Crippen LogP contribution >= 0.6 is 11.8 Å². The Morgan fingerprint density at radius 3 is 2.47 bits per heavy atom. The van der Waals surface area contributed by atoms with Crippen molar-refractivity contribution in [2.45, 2.75) is 46.6 Å². The molecule has 1 amide bonds. The van der Waals surface area contributed by atoms with Crippen LogP contribution in [-0.4, -0.2) is 30.0 Å². The number of amides is 1. The second-order valence-electron chi connectivity index (χ2n) is 4.96. The zero-order chi connectivity index (χ0) is 13.3. The summed E-state index contributed by atoms with van der Waals surface area (Å²) in [6, 6.07) is 0.253. The van der Waals surface area contributed by atoms with Gasteiger partial charge >= 0.3 is 0 Å². The van der Waals surface area contributed by atoms with E-state index in [0.717, 1.165) is 24.3 Å². The molecule has 3 N–H and O–H groups in total. The van der Waals surface area contributed by atoms with Crippen LogP contribution in [0.1, 0.15) is 40.5 Å². The van der Waals surface area contributed by atoms with Gasteiger partial charge in [-0.1, -0.05) is 20.8 Å². The maximum Gasteiger partial charge on any atom is 0.224 e. The quantitative estimate of drug-likeness (QED) is 0.625. The van der Waals surface area contributed by atoms with Gasteiger partial charge in [0, 0.05) is 12.6 Å². The molecular formula is C13H28N2OS. The number of carbonyl (C=O) groups is 1. The summed E-state index contributed by atoms with van der Waals surface area (Å²) < 4.78 is 0. The Balaban J connectivity index is 3.94. The maximum absolute atomic E-state index is 12.0. The van der Waals surface area contributed by atoms with Crippen LogP contribution in [0.5, 0.6) is 0 Å². The first-order valence-corrected chi connectivity index (χ1v) is 7.74. The molecule has 0 radical (unpaired) electrons. The summed E-state index contributed by atoms with van der Waals surface area (Å²) in [6.45, 7) is 8.91. The van der Waals surface area contributed by atoms with Crippen LogP contribution in [0.25, 0.3) is 0 Å². The maximum atomic E-state index is 12.0. The van der Waals surface area contributed by atoms with E-state index in [-0.39, 0.29) is 17.9 Å². The number of hydrogen-bond acceptors (Lipinski definition) is 3. The van der Waals surface area contributed by atoms with E-state index < -0.39 is 0 Å². The largest absolute Gasteiger partial charge is 0.353 e. The van der Waals surface area contributed by atoms with E-state index in [1.165, 1.54) is 0 Å². The zero-order valence-electron chi connectivity index (χ0n) is 11.7. The van der Waals surface area contributed by atoms with Crippen LogP contribution in [0, 0.1) is 11.8 Å². The highest BCUT2D eigenvalue weighted by atomic mass is 32.2. The standard InChI is InChI=1S/C13H28N2OS/c1-5-17-7-6-11(4)15-13(16)12(9-14)8-10(2)3/h10-12H,5-9,14H2,1-4H3,(H,15,16). The summed E-state index contributed by atoms with van der Waals surface area (Å²) in [4.78, 5) is 12.0. The highest BCUT2D eigenvalue weighted by Crippen LogP contribution is 2.11. The van der Waals surface area contributed by atoms with Gasteiger partial charge in [0.15, 0.2) is 0 Å². The molecule has 0 spiro atoms. The molecule has 0 aromatic heterocycles. The Hall–Kier alpha value is -0.220. The highest BCUT2D eigenvalue weighted by molar-refractivity contribution is 7.99. The second kappa shape index (κ2) is 9.77. The molecule has 102 valence electrons. The Labute approximate surface area is 110 Å². The van der Waals surface area contributed by atoms with E-state index in [1.54, 1.807) is 0 Å². The third kappa shape index (κ3) is 8.50. The van der Waals surface area contributed by atoms with Crippen molar-refractivity contribution in [2.24, 2.45) is 17.6 Å². The number of hydrogen-bond donors (Lipinski definition) is 2. The molecule has 0 bridgehead atoms. The van der Waals surface area contributed by atoms with Gasteiger partial charge in [0.1, 0.15) is 0 Å². The smallest absolute Gasteiger partial charge is 0.224 e. The molecule has 0 aliphatic heterocycles. The lowest BCUT2D eigenvalue weighted by Crippen LogP contribution is -2.40. The molecule has 0 saturated heterocycles. The van der Waals surface area contributed by atoms with E-state index >= 15 is 0 Å². The van der Waals surface area contributed by atoms with Crippen LogP contribution in [-0.2, 0) is 4.79 Å². The van der Waals surface area contributed by atoms with Gasteiger partial charge in [-0.25, -0.2) is 0 Å². The first kappa shape index (κ1) is 16.8. The first-order valence-electron chi connectivity index (χ1n) is 6.59. The lowest BCUT2D eigenvalue weighted by molar-refractivity contribution is -0.125. The van der Waals surface area contributed by atoms with Crippen LogP contribution in [0.4, 0.5) is 0 Å². The lowest BCUT2D eigenvalue weighted by Gasteiger charge is -2.20. The average molecular weight is 260 g/mol. The summed E-state index contributed by atoms with van der Waals surface area (Å²) >= 11 is 1.91. The lowest BCUT2D eigenvalue weighted by atomic mass is 9.96. The summed E-state index contributed by atoms with van der Waals surface area (Å²) in [5.74, 6) is 2.85. The predicted molar refractivity (Wildman–Crippen MR) is 77.2 cm³/mol. The van der Waals surface area contributed by atoms with E-state index in [4.69, 9.17) is 5.73 Å². The third-order valence-electron chi connectivity index (χ3n) is 2.70. The van der Waals surface area contributed by atoms with Crippen molar-refractivity contribution in [3.8, 4) is 0 Å². The zero-order valence-corrected chi connectivity index (χ0v) is 12.5. The highest BCUT2D eigenvalue weighted by Gasteiger charge is 2.19. The molecule has 0 heterocycles. The summed E-state index contributed by atoms with van der Waals surface area (Å²) in [7, 11) is 0. The molecule has 17 heavy (non-hydrogen) atoms. The molecule has 0 fully saturated rings. The van der Waals surface area contributed by atoms with E-state index in [1.807, 2.05) is 11.8 Å². The molecule has 2 unspecified atom stereocenters. The Morgan fingerprint density at radius 1 is 1.35 bits per heavy atom.